The number of methoxy groups -OCH3 is 1. The smallest absolute Gasteiger partial charge is 0.411 e. The summed E-state index contributed by atoms with van der Waals surface area (Å²) in [5.74, 6) is 0.477. The van der Waals surface area contributed by atoms with Crippen molar-refractivity contribution in [3.8, 4) is 5.75 Å². The molecule has 2 aliphatic rings. The average molecular weight is 723 g/mol. The quantitative estimate of drug-likeness (QED) is 0.104. The number of carbonyl (C=O) groups is 1. The monoisotopic (exact) mass is 722 g/mol. The molecule has 6 rings (SSSR count). The molecule has 2 aliphatic heterocycles. The number of imidazole rings is 1. The van der Waals surface area contributed by atoms with Crippen LogP contribution in [0.5, 0.6) is 5.75 Å². The number of anilines is 1. The first kappa shape index (κ1) is 36.9. The predicted octanol–water partition coefficient (Wildman–Crippen LogP) is 7.08. The lowest BCUT2D eigenvalue weighted by molar-refractivity contribution is -0.174. The van der Waals surface area contributed by atoms with Gasteiger partial charge >= 0.3 is 6.18 Å². The summed E-state index contributed by atoms with van der Waals surface area (Å²) in [4.78, 5) is 22.6. The highest BCUT2D eigenvalue weighted by atomic mass is 19.4. The van der Waals surface area contributed by atoms with Crippen LogP contribution in [0.4, 0.5) is 23.5 Å². The minimum atomic E-state index is -4.38. The fourth-order valence-electron chi connectivity index (χ4n) is 6.73. The first-order chi connectivity index (χ1) is 25.1. The standard InChI is InChI=1S/C37H42F4N8O3/c1-47(35(50)30-21-26(9-12-34(30)51-2)32-22-42-46-45-32)23-27(25-7-10-28(38)11-8-25)13-16-48-17-14-29(15-18-48)43-36-44-31-5-3-4-6-33(31)49(36)19-20-52-24-37(39,40)41/h3-12,21-22,27,29,32H,13-20,23-24H2,1-2H3,(H,43,44). The van der Waals surface area contributed by atoms with Crippen molar-refractivity contribution in [2.75, 3.05) is 58.9 Å². The van der Waals surface area contributed by atoms with Gasteiger partial charge in [0.05, 0.1) is 36.5 Å². The summed E-state index contributed by atoms with van der Waals surface area (Å²) in [6.07, 6.45) is -0.338. The molecule has 2 atom stereocenters. The van der Waals surface area contributed by atoms with E-state index in [1.54, 1.807) is 42.4 Å². The van der Waals surface area contributed by atoms with E-state index in [9.17, 15) is 22.4 Å². The second kappa shape index (κ2) is 16.6. The highest BCUT2D eigenvalue weighted by Gasteiger charge is 2.28. The number of likely N-dealkylation sites (N-methyl/N-ethyl adjacent to an activating group) is 1. The zero-order valence-electron chi connectivity index (χ0n) is 29.1. The van der Waals surface area contributed by atoms with Gasteiger partial charge in [-0.15, -0.1) is 5.10 Å². The summed E-state index contributed by atoms with van der Waals surface area (Å²) in [5, 5.41) is 15.1. The number of nitrogens with one attached hydrogen (secondary N) is 1. The number of carbonyl (C=O) groups excluding carboxylic acids is 1. The van der Waals surface area contributed by atoms with Crippen LogP contribution in [-0.4, -0.2) is 97.2 Å². The number of benzene rings is 3. The molecule has 0 saturated carbocycles. The van der Waals surface area contributed by atoms with E-state index < -0.39 is 12.8 Å². The molecule has 15 heteroatoms. The lowest BCUT2D eigenvalue weighted by Crippen LogP contribution is -2.41. The number of fused-ring (bicyclic) bond motifs is 1. The van der Waals surface area contributed by atoms with Crippen LogP contribution in [0.1, 0.15) is 52.7 Å². The van der Waals surface area contributed by atoms with Crippen molar-refractivity contribution in [2.45, 2.75) is 50.0 Å². The molecular formula is C37H42F4N8O3. The first-order valence-electron chi connectivity index (χ1n) is 17.3. The van der Waals surface area contributed by atoms with Crippen LogP contribution in [0.3, 0.4) is 0 Å². The number of rotatable bonds is 15. The lowest BCUT2D eigenvalue weighted by atomic mass is 9.93. The third-order valence-electron chi connectivity index (χ3n) is 9.51. The van der Waals surface area contributed by atoms with E-state index in [4.69, 9.17) is 14.5 Å². The van der Waals surface area contributed by atoms with Crippen molar-refractivity contribution in [3.05, 3.63) is 89.2 Å². The van der Waals surface area contributed by atoms with Gasteiger partial charge < -0.3 is 29.2 Å². The number of nitrogens with zero attached hydrogens (tertiary/aromatic N) is 7. The number of ether oxygens (including phenoxy) is 2. The number of alkyl halides is 3. The molecule has 0 aliphatic carbocycles. The molecule has 1 aromatic heterocycles. The topological polar surface area (TPSA) is 109 Å². The molecule has 0 bridgehead atoms. The fourth-order valence-corrected chi connectivity index (χ4v) is 6.73. The van der Waals surface area contributed by atoms with Crippen LogP contribution in [0.2, 0.25) is 0 Å². The number of piperidine rings is 1. The second-order valence-electron chi connectivity index (χ2n) is 13.1. The fraction of sp³-hybridized carbons (Fsp3) is 0.432. The molecule has 4 aromatic rings. The summed E-state index contributed by atoms with van der Waals surface area (Å²) >= 11 is 0. The van der Waals surface area contributed by atoms with Crippen molar-refractivity contribution in [3.63, 3.8) is 0 Å². The van der Waals surface area contributed by atoms with Crippen LogP contribution in [0.15, 0.2) is 82.2 Å². The number of likely N-dealkylation sites (tertiary alicyclic amines) is 1. The lowest BCUT2D eigenvalue weighted by Gasteiger charge is -2.34. The van der Waals surface area contributed by atoms with Crippen molar-refractivity contribution in [1.29, 1.82) is 0 Å². The summed E-state index contributed by atoms with van der Waals surface area (Å²) in [6.45, 7) is 1.68. The Morgan fingerprint density at radius 3 is 2.54 bits per heavy atom. The minimum absolute atomic E-state index is 0.0604. The Kier molecular flexibility index (Phi) is 11.8. The van der Waals surface area contributed by atoms with Crippen LogP contribution in [0, 0.1) is 5.82 Å². The third kappa shape index (κ3) is 9.31. The van der Waals surface area contributed by atoms with Crippen LogP contribution >= 0.6 is 0 Å². The van der Waals surface area contributed by atoms with Gasteiger partial charge in [0.15, 0.2) is 0 Å². The SMILES string of the molecule is COc1ccc(C2C=NN=N2)cc1C(=O)N(C)CC(CCN1CCC(Nc2nc3ccccc3n2CCOCC(F)(F)F)CC1)c1ccc(F)cc1. The van der Waals surface area contributed by atoms with Gasteiger partial charge in [-0.25, -0.2) is 9.37 Å². The van der Waals surface area contributed by atoms with Gasteiger partial charge in [-0.3, -0.25) is 4.79 Å². The summed E-state index contributed by atoms with van der Waals surface area (Å²) in [6, 6.07) is 19.1. The highest BCUT2D eigenvalue weighted by Crippen LogP contribution is 2.30. The van der Waals surface area contributed by atoms with Gasteiger partial charge in [-0.05, 0) is 78.6 Å². The molecule has 0 radical (unpaired) electrons. The molecule has 2 unspecified atom stereocenters. The second-order valence-corrected chi connectivity index (χ2v) is 13.1. The maximum atomic E-state index is 13.9. The summed E-state index contributed by atoms with van der Waals surface area (Å²) in [5.41, 5.74) is 3.72. The van der Waals surface area contributed by atoms with Crippen LogP contribution in [-0.2, 0) is 11.3 Å². The molecule has 3 aromatic carbocycles. The van der Waals surface area contributed by atoms with E-state index in [0.29, 0.717) is 23.8 Å². The van der Waals surface area contributed by atoms with Gasteiger partial charge in [-0.1, -0.05) is 30.3 Å². The molecule has 11 nitrogen and oxygen atoms in total. The highest BCUT2D eigenvalue weighted by molar-refractivity contribution is 5.97. The maximum absolute atomic E-state index is 13.9. The average Bonchev–Trinajstić information content (AvgIpc) is 3.80. The van der Waals surface area contributed by atoms with Gasteiger partial charge in [0.1, 0.15) is 24.2 Å². The molecule has 52 heavy (non-hydrogen) atoms. The molecular weight excluding hydrogens is 680 g/mol. The Hall–Kier alpha value is -4.89. The zero-order valence-corrected chi connectivity index (χ0v) is 29.1. The molecule has 3 heterocycles. The maximum Gasteiger partial charge on any atom is 0.411 e. The molecule has 1 N–H and O–H groups in total. The molecule has 0 spiro atoms. The third-order valence-corrected chi connectivity index (χ3v) is 9.51. The zero-order chi connectivity index (χ0) is 36.7. The number of para-hydroxylation sites is 2. The Labute approximate surface area is 299 Å². The molecule has 1 amide bonds. The Morgan fingerprint density at radius 1 is 1.06 bits per heavy atom. The normalized spacial score (nSPS) is 17.2. The van der Waals surface area contributed by atoms with Gasteiger partial charge in [0.25, 0.3) is 5.91 Å². The Morgan fingerprint density at radius 2 is 1.83 bits per heavy atom. The van der Waals surface area contributed by atoms with E-state index in [1.165, 1.54) is 19.2 Å². The number of aromatic nitrogens is 2. The van der Waals surface area contributed by atoms with Gasteiger partial charge in [-0.2, -0.15) is 18.3 Å². The number of halogens is 4. The number of amides is 1. The van der Waals surface area contributed by atoms with Crippen molar-refractivity contribution in [1.82, 2.24) is 19.4 Å². The van der Waals surface area contributed by atoms with Crippen molar-refractivity contribution >= 4 is 29.1 Å². The van der Waals surface area contributed by atoms with E-state index in [-0.39, 0.29) is 42.9 Å². The largest absolute Gasteiger partial charge is 0.496 e. The predicted molar refractivity (Wildman–Crippen MR) is 189 cm³/mol. The molecule has 276 valence electrons. The molecule has 1 fully saturated rings. The summed E-state index contributed by atoms with van der Waals surface area (Å²) < 4.78 is 64.1. The minimum Gasteiger partial charge on any atom is -0.496 e. The summed E-state index contributed by atoms with van der Waals surface area (Å²) in [7, 11) is 3.28. The van der Waals surface area contributed by atoms with Crippen LogP contribution < -0.4 is 10.1 Å². The number of hydrogen-bond donors (Lipinski definition) is 1. The number of hydrogen-bond acceptors (Lipinski definition) is 9. The van der Waals surface area contributed by atoms with E-state index in [2.05, 4.69) is 25.7 Å². The van der Waals surface area contributed by atoms with Gasteiger partial charge in [0, 0.05) is 45.2 Å². The Bertz CT molecular complexity index is 1860. The van der Waals surface area contributed by atoms with Crippen molar-refractivity contribution in [2.24, 2.45) is 15.4 Å². The van der Waals surface area contributed by atoms with Gasteiger partial charge in [0.2, 0.25) is 5.95 Å². The van der Waals surface area contributed by atoms with E-state index >= 15 is 0 Å². The van der Waals surface area contributed by atoms with E-state index in [0.717, 1.165) is 61.1 Å². The van der Waals surface area contributed by atoms with E-state index in [1.807, 2.05) is 34.9 Å². The Balaban J connectivity index is 1.07. The van der Waals surface area contributed by atoms with Crippen LogP contribution in [0.25, 0.3) is 11.0 Å². The van der Waals surface area contributed by atoms with Crippen molar-refractivity contribution < 1.29 is 31.8 Å². The first-order valence-corrected chi connectivity index (χ1v) is 17.3. The molecule has 1 saturated heterocycles.